The highest BCUT2D eigenvalue weighted by Gasteiger charge is 2.26. The third kappa shape index (κ3) is 5.65. The summed E-state index contributed by atoms with van der Waals surface area (Å²) in [7, 11) is 1.88. The number of nitrogens with zero attached hydrogens (tertiary/aromatic N) is 5. The summed E-state index contributed by atoms with van der Waals surface area (Å²) in [5.41, 5.74) is 7.97. The molecule has 4 aromatic rings. The van der Waals surface area contributed by atoms with Gasteiger partial charge in [0.05, 0.1) is 18.5 Å². The molecule has 1 N–H and O–H groups in total. The van der Waals surface area contributed by atoms with Gasteiger partial charge >= 0.3 is 5.97 Å². The summed E-state index contributed by atoms with van der Waals surface area (Å²) in [6.45, 7) is 10.4. The Bertz CT molecular complexity index is 1530. The van der Waals surface area contributed by atoms with E-state index in [1.54, 1.807) is 16.8 Å². The van der Waals surface area contributed by atoms with Crippen LogP contribution >= 0.6 is 0 Å². The van der Waals surface area contributed by atoms with Crippen LogP contribution in [0.2, 0.25) is 0 Å². The molecule has 0 aliphatic carbocycles. The third-order valence-corrected chi connectivity index (χ3v) is 7.80. The molecule has 0 fully saturated rings. The minimum atomic E-state index is -0.230. The molecule has 5 rings (SSSR count). The number of rotatable bonds is 8. The first-order valence-corrected chi connectivity index (χ1v) is 13.9. The van der Waals surface area contributed by atoms with Crippen LogP contribution in [0.3, 0.4) is 0 Å². The number of pyridine rings is 1. The lowest BCUT2D eigenvalue weighted by molar-refractivity contribution is -0.143. The van der Waals surface area contributed by atoms with Crippen molar-refractivity contribution in [3.63, 3.8) is 0 Å². The van der Waals surface area contributed by atoms with Gasteiger partial charge in [-0.3, -0.25) is 9.69 Å². The molecule has 9 heteroatoms. The average molecular weight is 544 g/mol. The van der Waals surface area contributed by atoms with Crippen LogP contribution in [0.5, 0.6) is 11.6 Å². The van der Waals surface area contributed by atoms with E-state index in [0.29, 0.717) is 19.7 Å². The zero-order valence-corrected chi connectivity index (χ0v) is 23.8. The number of aromatic hydroxyl groups is 1. The van der Waals surface area contributed by atoms with Gasteiger partial charge in [-0.15, -0.1) is 5.10 Å². The Morgan fingerprint density at radius 1 is 1.18 bits per heavy atom. The highest BCUT2D eigenvalue weighted by atomic mass is 16.5. The predicted molar refractivity (Wildman–Crippen MR) is 152 cm³/mol. The van der Waals surface area contributed by atoms with E-state index in [0.717, 1.165) is 52.1 Å². The van der Waals surface area contributed by atoms with E-state index in [9.17, 15) is 9.90 Å². The molecule has 1 aliphatic heterocycles. The summed E-state index contributed by atoms with van der Waals surface area (Å²) in [5.74, 6) is 0.292. The van der Waals surface area contributed by atoms with Crippen LogP contribution in [0.4, 0.5) is 0 Å². The predicted octanol–water partition coefficient (Wildman–Crippen LogP) is 4.94. The fraction of sp³-hybridized carbons (Fsp3) is 0.419. The Hall–Kier alpha value is -3.98. The molecule has 0 saturated heterocycles. The molecule has 0 bridgehead atoms. The number of aryl methyl sites for hydroxylation is 3. The fourth-order valence-corrected chi connectivity index (χ4v) is 5.55. The van der Waals surface area contributed by atoms with Crippen molar-refractivity contribution in [2.24, 2.45) is 7.05 Å². The largest absolute Gasteiger partial charge is 0.493 e. The van der Waals surface area contributed by atoms with Crippen molar-refractivity contribution in [1.29, 1.82) is 0 Å². The average Bonchev–Trinajstić information content (AvgIpc) is 3.21. The van der Waals surface area contributed by atoms with E-state index in [4.69, 9.17) is 9.47 Å². The maximum absolute atomic E-state index is 12.8. The molecule has 2 aromatic carbocycles. The van der Waals surface area contributed by atoms with E-state index in [1.807, 2.05) is 27.0 Å². The Morgan fingerprint density at radius 2 is 2.00 bits per heavy atom. The van der Waals surface area contributed by atoms with Crippen LogP contribution in [0.15, 0.2) is 42.5 Å². The van der Waals surface area contributed by atoms with Crippen molar-refractivity contribution in [1.82, 2.24) is 24.9 Å². The van der Waals surface area contributed by atoms with Gasteiger partial charge in [0.25, 0.3) is 0 Å². The number of esters is 1. The molecule has 40 heavy (non-hydrogen) atoms. The Labute approximate surface area is 234 Å². The molecular weight excluding hydrogens is 506 g/mol. The van der Waals surface area contributed by atoms with Crippen molar-refractivity contribution < 1.29 is 19.4 Å². The SMILES string of the molecule is CCOC(=O)CC(c1ccc(C)c(CN2Cc3nc(O)ccc3O[C@@H](CC)C2)c1)c1ccc2c(nnn2C)c1C. The highest BCUT2D eigenvalue weighted by Crippen LogP contribution is 2.35. The summed E-state index contributed by atoms with van der Waals surface area (Å²) < 4.78 is 13.4. The van der Waals surface area contributed by atoms with Crippen molar-refractivity contribution >= 4 is 17.0 Å². The number of fused-ring (bicyclic) bond motifs is 2. The molecule has 1 unspecified atom stereocenters. The van der Waals surface area contributed by atoms with Gasteiger partial charge < -0.3 is 14.6 Å². The van der Waals surface area contributed by atoms with Crippen molar-refractivity contribution in [3.05, 3.63) is 76.0 Å². The van der Waals surface area contributed by atoms with Gasteiger partial charge in [0.2, 0.25) is 5.88 Å². The van der Waals surface area contributed by atoms with Gasteiger partial charge in [-0.25, -0.2) is 9.67 Å². The lowest BCUT2D eigenvalue weighted by atomic mass is 9.84. The molecule has 0 saturated carbocycles. The highest BCUT2D eigenvalue weighted by molar-refractivity contribution is 5.80. The summed E-state index contributed by atoms with van der Waals surface area (Å²) in [4.78, 5) is 19.5. The van der Waals surface area contributed by atoms with Gasteiger partial charge in [0, 0.05) is 38.7 Å². The summed E-state index contributed by atoms with van der Waals surface area (Å²) >= 11 is 0. The molecular formula is C31H37N5O4. The molecule has 2 atom stereocenters. The van der Waals surface area contributed by atoms with Gasteiger partial charge in [0.15, 0.2) is 0 Å². The second-order valence-corrected chi connectivity index (χ2v) is 10.5. The molecule has 0 amide bonds. The molecule has 210 valence electrons. The fourth-order valence-electron chi connectivity index (χ4n) is 5.55. The van der Waals surface area contributed by atoms with Crippen LogP contribution in [-0.2, 0) is 29.7 Å². The number of aromatic nitrogens is 4. The van der Waals surface area contributed by atoms with Crippen LogP contribution in [0.1, 0.15) is 66.1 Å². The smallest absolute Gasteiger partial charge is 0.306 e. The summed E-state index contributed by atoms with van der Waals surface area (Å²) in [6.07, 6.45) is 1.12. The minimum Gasteiger partial charge on any atom is -0.493 e. The first kappa shape index (κ1) is 27.6. The number of ether oxygens (including phenoxy) is 2. The molecule has 0 radical (unpaired) electrons. The molecule has 9 nitrogen and oxygen atoms in total. The van der Waals surface area contributed by atoms with Crippen molar-refractivity contribution in [2.75, 3.05) is 13.2 Å². The van der Waals surface area contributed by atoms with Crippen LogP contribution in [-0.4, -0.2) is 55.2 Å². The number of benzene rings is 2. The van der Waals surface area contributed by atoms with Crippen LogP contribution in [0, 0.1) is 13.8 Å². The first-order valence-electron chi connectivity index (χ1n) is 13.9. The molecule has 2 aromatic heterocycles. The number of carbonyl (C=O) groups excluding carboxylic acids is 1. The first-order chi connectivity index (χ1) is 19.3. The Morgan fingerprint density at radius 3 is 2.77 bits per heavy atom. The van der Waals surface area contributed by atoms with Gasteiger partial charge in [0.1, 0.15) is 23.1 Å². The van der Waals surface area contributed by atoms with Crippen molar-refractivity contribution in [3.8, 4) is 11.6 Å². The van der Waals surface area contributed by atoms with Crippen LogP contribution in [0.25, 0.3) is 11.0 Å². The van der Waals surface area contributed by atoms with Crippen molar-refractivity contribution in [2.45, 2.75) is 65.6 Å². The summed E-state index contributed by atoms with van der Waals surface area (Å²) in [5, 5.41) is 18.6. The zero-order chi connectivity index (χ0) is 28.4. The topological polar surface area (TPSA) is 103 Å². The monoisotopic (exact) mass is 543 g/mol. The maximum atomic E-state index is 12.8. The summed E-state index contributed by atoms with van der Waals surface area (Å²) in [6, 6.07) is 13.9. The van der Waals surface area contributed by atoms with Crippen LogP contribution < -0.4 is 4.74 Å². The van der Waals surface area contributed by atoms with Gasteiger partial charge in [-0.2, -0.15) is 0 Å². The van der Waals surface area contributed by atoms with Gasteiger partial charge in [-0.05, 0) is 67.1 Å². The second-order valence-electron chi connectivity index (χ2n) is 10.5. The van der Waals surface area contributed by atoms with E-state index in [-0.39, 0.29) is 30.3 Å². The second kappa shape index (κ2) is 11.6. The minimum absolute atomic E-state index is 0.00678. The standard InChI is InChI=1S/C31H37N5O4/c1-6-23-17-36(18-26-28(40-23)12-13-29(37)32-26)16-22-14-21(9-8-19(22)3)25(15-30(38)39-7-2)24-10-11-27-31(20(24)4)33-34-35(27)5/h8-14,23,25H,6-7,15-18H2,1-5H3,(H,32,37)/t23-,25?/m0/s1. The van der Waals surface area contributed by atoms with E-state index >= 15 is 0 Å². The van der Waals surface area contributed by atoms with E-state index < -0.39 is 0 Å². The number of hydrogen-bond donors (Lipinski definition) is 1. The molecule has 3 heterocycles. The Balaban J connectivity index is 1.50. The normalized spacial score (nSPS) is 16.3. The maximum Gasteiger partial charge on any atom is 0.306 e. The molecule has 1 aliphatic rings. The van der Waals surface area contributed by atoms with E-state index in [1.165, 1.54) is 11.1 Å². The van der Waals surface area contributed by atoms with Gasteiger partial charge in [-0.1, -0.05) is 36.4 Å². The quantitative estimate of drug-likeness (QED) is 0.312. The molecule has 0 spiro atoms. The van der Waals surface area contributed by atoms with E-state index in [2.05, 4.69) is 58.3 Å². The third-order valence-electron chi connectivity index (χ3n) is 7.80. The zero-order valence-electron chi connectivity index (χ0n) is 23.8. The Kier molecular flexibility index (Phi) is 8.02. The number of hydrogen-bond acceptors (Lipinski definition) is 8. The lowest BCUT2D eigenvalue weighted by Gasteiger charge is -2.25. The number of carbonyl (C=O) groups is 1. The lowest BCUT2D eigenvalue weighted by Crippen LogP contribution is -2.32.